The van der Waals surface area contributed by atoms with Crippen LogP contribution in [0.5, 0.6) is 0 Å². The minimum atomic E-state index is -3.98. The fourth-order valence-electron chi connectivity index (χ4n) is 5.22. The first kappa shape index (κ1) is 31.7. The minimum Gasteiger partial charge on any atom is -0.338 e. The van der Waals surface area contributed by atoms with Crippen LogP contribution in [-0.2, 0) is 21.4 Å². The van der Waals surface area contributed by atoms with Crippen molar-refractivity contribution in [3.05, 3.63) is 100 Å². The molecular formula is C32H37ClFN3O4S. The molecule has 0 saturated carbocycles. The zero-order valence-electron chi connectivity index (χ0n) is 24.2. The van der Waals surface area contributed by atoms with Gasteiger partial charge in [0.1, 0.15) is 5.82 Å². The summed E-state index contributed by atoms with van der Waals surface area (Å²) in [5.41, 5.74) is 2.30. The third-order valence-corrected chi connectivity index (χ3v) is 9.56. The third kappa shape index (κ3) is 7.76. The molecule has 0 bridgehead atoms. The molecule has 3 aromatic rings. The van der Waals surface area contributed by atoms with Crippen LogP contribution in [0.15, 0.2) is 77.7 Å². The van der Waals surface area contributed by atoms with E-state index in [0.29, 0.717) is 36.5 Å². The Morgan fingerprint density at radius 3 is 2.19 bits per heavy atom. The van der Waals surface area contributed by atoms with Gasteiger partial charge >= 0.3 is 0 Å². The molecule has 224 valence electrons. The van der Waals surface area contributed by atoms with Crippen molar-refractivity contribution in [1.29, 1.82) is 0 Å². The highest BCUT2D eigenvalue weighted by atomic mass is 35.5. The van der Waals surface area contributed by atoms with Gasteiger partial charge in [-0.05, 0) is 79.3 Å². The van der Waals surface area contributed by atoms with Gasteiger partial charge in [-0.25, -0.2) is 12.8 Å². The maximum atomic E-state index is 14.0. The van der Waals surface area contributed by atoms with Crippen molar-refractivity contribution in [2.45, 2.75) is 51.1 Å². The highest BCUT2D eigenvalue weighted by Crippen LogP contribution is 2.24. The number of nitrogens with zero attached hydrogens (tertiary/aromatic N) is 3. The minimum absolute atomic E-state index is 0.0267. The molecule has 0 unspecified atom stereocenters. The van der Waals surface area contributed by atoms with Crippen LogP contribution in [0.2, 0.25) is 5.02 Å². The number of hydrogen-bond donors (Lipinski definition) is 0. The number of benzene rings is 3. The second kappa shape index (κ2) is 13.8. The highest BCUT2D eigenvalue weighted by Gasteiger charge is 2.34. The Bertz CT molecular complexity index is 1490. The number of amides is 2. The summed E-state index contributed by atoms with van der Waals surface area (Å²) in [6.07, 6.45) is 1.08. The summed E-state index contributed by atoms with van der Waals surface area (Å²) in [4.78, 5) is 30.7. The fraction of sp³-hybridized carbons (Fsp3) is 0.375. The van der Waals surface area contributed by atoms with Crippen LogP contribution in [0.3, 0.4) is 0 Å². The van der Waals surface area contributed by atoms with Crippen molar-refractivity contribution in [1.82, 2.24) is 14.1 Å². The average molecular weight is 614 g/mol. The van der Waals surface area contributed by atoms with Gasteiger partial charge in [-0.2, -0.15) is 4.31 Å². The smallest absolute Gasteiger partial charge is 0.254 e. The zero-order valence-corrected chi connectivity index (χ0v) is 25.7. The summed E-state index contributed by atoms with van der Waals surface area (Å²) in [5.74, 6) is -0.792. The van der Waals surface area contributed by atoms with Crippen LogP contribution < -0.4 is 0 Å². The maximum absolute atomic E-state index is 14.0. The normalized spacial score (nSPS) is 14.4. The number of halogens is 2. The second-order valence-electron chi connectivity index (χ2n) is 11.1. The molecule has 1 heterocycles. The molecule has 42 heavy (non-hydrogen) atoms. The average Bonchev–Trinajstić information content (AvgIpc) is 2.96. The van der Waals surface area contributed by atoms with E-state index in [0.717, 1.165) is 11.1 Å². The highest BCUT2D eigenvalue weighted by molar-refractivity contribution is 7.89. The topological polar surface area (TPSA) is 78.0 Å². The zero-order chi connectivity index (χ0) is 30.4. The van der Waals surface area contributed by atoms with E-state index in [4.69, 9.17) is 11.6 Å². The van der Waals surface area contributed by atoms with E-state index in [1.54, 1.807) is 21.9 Å². The Labute approximate surface area is 252 Å². The molecule has 4 rings (SSSR count). The summed E-state index contributed by atoms with van der Waals surface area (Å²) in [5, 5.41) is 0.415. The van der Waals surface area contributed by atoms with E-state index in [1.165, 1.54) is 40.7 Å². The van der Waals surface area contributed by atoms with E-state index in [-0.39, 0.29) is 54.1 Å². The Morgan fingerprint density at radius 1 is 0.976 bits per heavy atom. The van der Waals surface area contributed by atoms with Gasteiger partial charge in [-0.15, -0.1) is 0 Å². The molecule has 0 N–H and O–H groups in total. The lowest BCUT2D eigenvalue weighted by atomic mass is 10.00. The standard InChI is InChI=1S/C32H37ClFN3O4S/c1-23(2)20-36(42(40,41)29-14-10-26(33)11-15-29)22-31(38)37(21-25-8-12-27(34)13-9-25)28-16-18-35(19-17-28)32(39)30-7-5-4-6-24(30)3/h4-15,23,28H,16-22H2,1-3H3. The quantitative estimate of drug-likeness (QED) is 0.291. The van der Waals surface area contributed by atoms with Crippen molar-refractivity contribution in [2.75, 3.05) is 26.2 Å². The van der Waals surface area contributed by atoms with E-state index in [1.807, 2.05) is 45.0 Å². The molecular weight excluding hydrogens is 577 g/mol. The number of carbonyl (C=O) groups is 2. The van der Waals surface area contributed by atoms with Crippen molar-refractivity contribution in [3.8, 4) is 0 Å². The summed E-state index contributed by atoms with van der Waals surface area (Å²) < 4.78 is 42.1. The van der Waals surface area contributed by atoms with Gasteiger partial charge in [0.25, 0.3) is 5.91 Å². The molecule has 1 aliphatic heterocycles. The monoisotopic (exact) mass is 613 g/mol. The van der Waals surface area contributed by atoms with Crippen LogP contribution in [-0.4, -0.2) is 66.6 Å². The van der Waals surface area contributed by atoms with Gasteiger partial charge in [0.05, 0.1) is 11.4 Å². The van der Waals surface area contributed by atoms with E-state index >= 15 is 0 Å². The van der Waals surface area contributed by atoms with E-state index in [2.05, 4.69) is 0 Å². The first-order chi connectivity index (χ1) is 20.0. The lowest BCUT2D eigenvalue weighted by Gasteiger charge is -2.39. The first-order valence-electron chi connectivity index (χ1n) is 14.1. The number of sulfonamides is 1. The summed E-state index contributed by atoms with van der Waals surface area (Å²) in [6, 6.07) is 19.1. The number of piperidine rings is 1. The van der Waals surface area contributed by atoms with Gasteiger partial charge in [0.15, 0.2) is 0 Å². The molecule has 7 nitrogen and oxygen atoms in total. The van der Waals surface area contributed by atoms with Gasteiger partial charge < -0.3 is 9.80 Å². The summed E-state index contributed by atoms with van der Waals surface area (Å²) >= 11 is 5.98. The Balaban J connectivity index is 1.56. The lowest BCUT2D eigenvalue weighted by Crippen LogP contribution is -2.51. The third-order valence-electron chi connectivity index (χ3n) is 7.49. The van der Waals surface area contributed by atoms with Crippen molar-refractivity contribution >= 4 is 33.4 Å². The molecule has 3 aromatic carbocycles. The number of rotatable bonds is 10. The molecule has 0 radical (unpaired) electrons. The van der Waals surface area contributed by atoms with Crippen LogP contribution in [0.25, 0.3) is 0 Å². The molecule has 0 aromatic heterocycles. The Kier molecular flexibility index (Phi) is 10.4. The number of carbonyl (C=O) groups excluding carboxylic acids is 2. The molecule has 1 fully saturated rings. The van der Waals surface area contributed by atoms with Gasteiger partial charge in [0.2, 0.25) is 15.9 Å². The van der Waals surface area contributed by atoms with Crippen molar-refractivity contribution in [3.63, 3.8) is 0 Å². The van der Waals surface area contributed by atoms with Crippen LogP contribution in [0.4, 0.5) is 4.39 Å². The van der Waals surface area contributed by atoms with E-state index < -0.39 is 10.0 Å². The largest absolute Gasteiger partial charge is 0.338 e. The number of hydrogen-bond acceptors (Lipinski definition) is 4. The SMILES string of the molecule is Cc1ccccc1C(=O)N1CCC(N(Cc2ccc(F)cc2)C(=O)CN(CC(C)C)S(=O)(=O)c2ccc(Cl)cc2)CC1. The van der Waals surface area contributed by atoms with Crippen LogP contribution in [0, 0.1) is 18.7 Å². The molecule has 0 atom stereocenters. The predicted octanol–water partition coefficient (Wildman–Crippen LogP) is 5.77. The van der Waals surface area contributed by atoms with Gasteiger partial charge in [0, 0.05) is 42.8 Å². The molecule has 0 aliphatic carbocycles. The molecule has 2 amide bonds. The number of likely N-dealkylation sites (tertiary alicyclic amines) is 1. The molecule has 1 aliphatic rings. The van der Waals surface area contributed by atoms with E-state index in [9.17, 15) is 22.4 Å². The Morgan fingerprint density at radius 2 is 1.60 bits per heavy atom. The predicted molar refractivity (Wildman–Crippen MR) is 162 cm³/mol. The van der Waals surface area contributed by atoms with Gasteiger partial charge in [-0.1, -0.05) is 55.8 Å². The van der Waals surface area contributed by atoms with Crippen LogP contribution >= 0.6 is 11.6 Å². The van der Waals surface area contributed by atoms with Gasteiger partial charge in [-0.3, -0.25) is 9.59 Å². The first-order valence-corrected chi connectivity index (χ1v) is 15.9. The summed E-state index contributed by atoms with van der Waals surface area (Å²) in [6.45, 7) is 6.64. The lowest BCUT2D eigenvalue weighted by molar-refractivity contribution is -0.135. The number of aryl methyl sites for hydroxylation is 1. The maximum Gasteiger partial charge on any atom is 0.254 e. The molecule has 1 saturated heterocycles. The van der Waals surface area contributed by atoms with Crippen LogP contribution in [0.1, 0.15) is 48.2 Å². The second-order valence-corrected chi connectivity index (χ2v) is 13.5. The summed E-state index contributed by atoms with van der Waals surface area (Å²) in [7, 11) is -3.98. The van der Waals surface area contributed by atoms with Crippen molar-refractivity contribution in [2.24, 2.45) is 5.92 Å². The fourth-order valence-corrected chi connectivity index (χ4v) is 6.90. The Hall–Kier alpha value is -3.27. The van der Waals surface area contributed by atoms with Crippen molar-refractivity contribution < 1.29 is 22.4 Å². The molecule has 10 heteroatoms. The molecule has 0 spiro atoms.